The number of carbonyl (C=O) groups excluding carboxylic acids is 1. The molecule has 3 N–H and O–H groups in total. The monoisotopic (exact) mass is 342 g/mol. The Labute approximate surface area is 146 Å². The Hall–Kier alpha value is -2.21. The number of hydrogen-bond acceptors (Lipinski definition) is 3. The third kappa shape index (κ3) is 3.31. The average Bonchev–Trinajstić information content (AvgIpc) is 3.29. The number of aromatic nitrogens is 2. The van der Waals surface area contributed by atoms with Gasteiger partial charge in [-0.2, -0.15) is 5.10 Å². The quantitative estimate of drug-likeness (QED) is 0.800. The molecule has 0 radical (unpaired) electrons. The van der Waals surface area contributed by atoms with Crippen LogP contribution in [0.1, 0.15) is 59.0 Å². The minimum absolute atomic E-state index is 0.172. The van der Waals surface area contributed by atoms with E-state index in [0.717, 1.165) is 55.5 Å². The zero-order chi connectivity index (χ0) is 17.2. The van der Waals surface area contributed by atoms with Crippen molar-refractivity contribution in [1.29, 1.82) is 0 Å². The first-order chi connectivity index (χ1) is 12.2. The number of halogens is 1. The Morgan fingerprint density at radius 3 is 2.96 bits per heavy atom. The van der Waals surface area contributed by atoms with Crippen LogP contribution in [0.5, 0.6) is 0 Å². The summed E-state index contributed by atoms with van der Waals surface area (Å²) in [5.41, 5.74) is 3.28. The summed E-state index contributed by atoms with van der Waals surface area (Å²) < 4.78 is 13.7. The third-order valence-electron chi connectivity index (χ3n) is 5.39. The maximum absolute atomic E-state index is 13.7. The topological polar surface area (TPSA) is 69.8 Å². The molecule has 1 fully saturated rings. The minimum atomic E-state index is -0.268. The molecular weight excluding hydrogens is 319 g/mol. The fraction of sp³-hybridized carbons (Fsp3) is 0.474. The summed E-state index contributed by atoms with van der Waals surface area (Å²) in [4.78, 5) is 12.9. The summed E-state index contributed by atoms with van der Waals surface area (Å²) in [6.45, 7) is 1.55. The van der Waals surface area contributed by atoms with E-state index in [0.29, 0.717) is 18.2 Å². The van der Waals surface area contributed by atoms with Crippen LogP contribution in [-0.4, -0.2) is 22.6 Å². The van der Waals surface area contributed by atoms with Crippen molar-refractivity contribution in [2.24, 2.45) is 5.92 Å². The van der Waals surface area contributed by atoms with Crippen molar-refractivity contribution in [1.82, 2.24) is 20.8 Å². The van der Waals surface area contributed by atoms with Crippen molar-refractivity contribution in [3.05, 3.63) is 52.6 Å². The normalized spacial score (nSPS) is 18.8. The summed E-state index contributed by atoms with van der Waals surface area (Å²) in [5, 5.41) is 13.6. The van der Waals surface area contributed by atoms with E-state index in [4.69, 9.17) is 0 Å². The number of carbonyl (C=O) groups is 1. The molecule has 5 nitrogen and oxygen atoms in total. The molecule has 0 saturated heterocycles. The zero-order valence-corrected chi connectivity index (χ0v) is 14.1. The fourth-order valence-electron chi connectivity index (χ4n) is 4.09. The van der Waals surface area contributed by atoms with E-state index in [-0.39, 0.29) is 17.8 Å². The molecule has 0 bridgehead atoms. The summed E-state index contributed by atoms with van der Waals surface area (Å²) >= 11 is 0. The van der Waals surface area contributed by atoms with Crippen molar-refractivity contribution in [3.8, 4) is 0 Å². The lowest BCUT2D eigenvalue weighted by atomic mass is 9.91. The van der Waals surface area contributed by atoms with E-state index in [1.54, 1.807) is 6.07 Å². The second-order valence-electron chi connectivity index (χ2n) is 7.01. The van der Waals surface area contributed by atoms with Gasteiger partial charge in [-0.05, 0) is 36.5 Å². The number of amides is 1. The SMILES string of the molecule is O=C(NC(c1cccc(F)c1)C1CCCC1)c1n[nH]c2c1CNCC2. The predicted molar refractivity (Wildman–Crippen MR) is 92.6 cm³/mol. The van der Waals surface area contributed by atoms with Crippen LogP contribution in [0, 0.1) is 11.7 Å². The molecule has 2 aliphatic rings. The smallest absolute Gasteiger partial charge is 0.272 e. The van der Waals surface area contributed by atoms with Crippen LogP contribution < -0.4 is 10.6 Å². The highest BCUT2D eigenvalue weighted by Gasteiger charge is 2.30. The van der Waals surface area contributed by atoms with Gasteiger partial charge in [-0.3, -0.25) is 9.89 Å². The average molecular weight is 342 g/mol. The summed E-state index contributed by atoms with van der Waals surface area (Å²) in [6.07, 6.45) is 5.29. The van der Waals surface area contributed by atoms with E-state index < -0.39 is 0 Å². The van der Waals surface area contributed by atoms with Gasteiger partial charge in [-0.15, -0.1) is 0 Å². The van der Waals surface area contributed by atoms with E-state index in [2.05, 4.69) is 20.8 Å². The molecule has 2 aromatic rings. The van der Waals surface area contributed by atoms with Crippen molar-refractivity contribution in [2.75, 3.05) is 6.54 Å². The summed E-state index contributed by atoms with van der Waals surface area (Å²) in [6, 6.07) is 6.40. The largest absolute Gasteiger partial charge is 0.344 e. The lowest BCUT2D eigenvalue weighted by Gasteiger charge is -2.25. The lowest BCUT2D eigenvalue weighted by Crippen LogP contribution is -2.34. The first-order valence-electron chi connectivity index (χ1n) is 9.05. The van der Waals surface area contributed by atoms with Gasteiger partial charge >= 0.3 is 0 Å². The van der Waals surface area contributed by atoms with Crippen LogP contribution in [0.25, 0.3) is 0 Å². The van der Waals surface area contributed by atoms with Gasteiger partial charge in [0, 0.05) is 30.8 Å². The third-order valence-corrected chi connectivity index (χ3v) is 5.39. The Bertz CT molecular complexity index is 767. The zero-order valence-electron chi connectivity index (χ0n) is 14.1. The molecule has 1 saturated carbocycles. The van der Waals surface area contributed by atoms with Gasteiger partial charge in [0.25, 0.3) is 5.91 Å². The highest BCUT2D eigenvalue weighted by atomic mass is 19.1. The van der Waals surface area contributed by atoms with E-state index in [1.807, 2.05) is 6.07 Å². The van der Waals surface area contributed by atoms with Crippen molar-refractivity contribution < 1.29 is 9.18 Å². The van der Waals surface area contributed by atoms with Gasteiger partial charge in [-0.25, -0.2) is 4.39 Å². The minimum Gasteiger partial charge on any atom is -0.344 e. The number of hydrogen-bond donors (Lipinski definition) is 3. The van der Waals surface area contributed by atoms with Gasteiger partial charge < -0.3 is 10.6 Å². The van der Waals surface area contributed by atoms with Crippen LogP contribution >= 0.6 is 0 Å². The maximum atomic E-state index is 13.7. The molecule has 1 atom stereocenters. The molecule has 1 amide bonds. The molecule has 1 aliphatic carbocycles. The van der Waals surface area contributed by atoms with E-state index in [9.17, 15) is 9.18 Å². The molecular formula is C19H23FN4O. The van der Waals surface area contributed by atoms with Crippen LogP contribution in [0.3, 0.4) is 0 Å². The van der Waals surface area contributed by atoms with Gasteiger partial charge in [-0.1, -0.05) is 25.0 Å². The number of H-pyrrole nitrogens is 1. The Morgan fingerprint density at radius 1 is 1.32 bits per heavy atom. The standard InChI is InChI=1S/C19H23FN4O/c20-14-7-3-6-13(10-14)17(12-4-1-2-5-12)22-19(25)18-15-11-21-9-8-16(15)23-24-18/h3,6-7,10,12,17,21H,1-2,4-5,8-9,11H2,(H,22,25)(H,23,24). The molecule has 132 valence electrons. The Morgan fingerprint density at radius 2 is 2.16 bits per heavy atom. The highest BCUT2D eigenvalue weighted by molar-refractivity contribution is 5.94. The number of nitrogens with one attached hydrogen (secondary N) is 3. The molecule has 4 rings (SSSR count). The summed E-state index contributed by atoms with van der Waals surface area (Å²) in [5.74, 6) is -0.0999. The van der Waals surface area contributed by atoms with E-state index in [1.165, 1.54) is 12.1 Å². The van der Waals surface area contributed by atoms with Crippen LogP contribution in [0.15, 0.2) is 24.3 Å². The summed E-state index contributed by atoms with van der Waals surface area (Å²) in [7, 11) is 0. The molecule has 6 heteroatoms. The van der Waals surface area contributed by atoms with Crippen molar-refractivity contribution in [3.63, 3.8) is 0 Å². The second-order valence-corrected chi connectivity index (χ2v) is 7.01. The Kier molecular flexibility index (Phi) is 4.53. The lowest BCUT2D eigenvalue weighted by molar-refractivity contribution is 0.0915. The van der Waals surface area contributed by atoms with Crippen LogP contribution in [-0.2, 0) is 13.0 Å². The fourth-order valence-corrected chi connectivity index (χ4v) is 4.09. The van der Waals surface area contributed by atoms with Crippen LogP contribution in [0.2, 0.25) is 0 Å². The van der Waals surface area contributed by atoms with Gasteiger partial charge in [0.1, 0.15) is 5.82 Å². The molecule has 0 spiro atoms. The predicted octanol–water partition coefficient (Wildman–Crippen LogP) is 2.86. The first kappa shape index (κ1) is 16.3. The van der Waals surface area contributed by atoms with Crippen LogP contribution in [0.4, 0.5) is 4.39 Å². The maximum Gasteiger partial charge on any atom is 0.272 e. The first-order valence-corrected chi connectivity index (χ1v) is 9.05. The van der Waals surface area contributed by atoms with Gasteiger partial charge in [0.05, 0.1) is 6.04 Å². The van der Waals surface area contributed by atoms with Gasteiger partial charge in [0.15, 0.2) is 5.69 Å². The number of nitrogens with zero attached hydrogens (tertiary/aromatic N) is 1. The molecule has 25 heavy (non-hydrogen) atoms. The number of fused-ring (bicyclic) bond motifs is 1. The molecule has 1 aromatic heterocycles. The van der Waals surface area contributed by atoms with Crippen molar-refractivity contribution in [2.45, 2.75) is 44.7 Å². The number of rotatable bonds is 4. The van der Waals surface area contributed by atoms with E-state index >= 15 is 0 Å². The van der Waals surface area contributed by atoms with Crippen molar-refractivity contribution >= 4 is 5.91 Å². The Balaban J connectivity index is 1.60. The number of aromatic amines is 1. The molecule has 2 heterocycles. The number of benzene rings is 1. The molecule has 1 aromatic carbocycles. The highest BCUT2D eigenvalue weighted by Crippen LogP contribution is 2.36. The molecule has 1 aliphatic heterocycles. The van der Waals surface area contributed by atoms with Gasteiger partial charge in [0.2, 0.25) is 0 Å². The second kappa shape index (κ2) is 6.96. The molecule has 1 unspecified atom stereocenters.